The number of alkyl halides is 1. The maximum atomic E-state index is 11.9. The maximum absolute atomic E-state index is 11.9. The minimum absolute atomic E-state index is 0.0228. The number of halogens is 1. The molecule has 0 saturated carbocycles. The summed E-state index contributed by atoms with van der Waals surface area (Å²) in [7, 11) is 0. The van der Waals surface area contributed by atoms with E-state index >= 15 is 0 Å². The van der Waals surface area contributed by atoms with E-state index in [1.165, 1.54) is 11.1 Å². The lowest BCUT2D eigenvalue weighted by Crippen LogP contribution is -2.31. The van der Waals surface area contributed by atoms with Gasteiger partial charge in [0.05, 0.1) is 11.4 Å². The summed E-state index contributed by atoms with van der Waals surface area (Å²) in [5, 5.41) is 3.05. The molecule has 0 heterocycles. The first-order valence-corrected chi connectivity index (χ1v) is 7.03. The predicted octanol–water partition coefficient (Wildman–Crippen LogP) is 3.44. The standard InChI is InChI=1S/C15H20ClNO/c1-10(2)7-8-14(18)17-15-12-6-4-3-5-11(12)9-13(15)16/h3-6,10,13,15H,7-9H2,1-2H3,(H,17,18). The van der Waals surface area contributed by atoms with Crippen LogP contribution in [0.2, 0.25) is 0 Å². The number of carbonyl (C=O) groups excluding carboxylic acids is 1. The van der Waals surface area contributed by atoms with E-state index in [-0.39, 0.29) is 17.3 Å². The third-order valence-electron chi connectivity index (χ3n) is 3.43. The van der Waals surface area contributed by atoms with Crippen molar-refractivity contribution in [1.29, 1.82) is 0 Å². The van der Waals surface area contributed by atoms with E-state index in [1.54, 1.807) is 0 Å². The lowest BCUT2D eigenvalue weighted by atomic mass is 10.1. The van der Waals surface area contributed by atoms with Crippen LogP contribution < -0.4 is 5.32 Å². The highest BCUT2D eigenvalue weighted by Gasteiger charge is 2.31. The maximum Gasteiger partial charge on any atom is 0.220 e. The van der Waals surface area contributed by atoms with Gasteiger partial charge in [-0.05, 0) is 29.9 Å². The fourth-order valence-corrected chi connectivity index (χ4v) is 2.74. The Labute approximate surface area is 114 Å². The van der Waals surface area contributed by atoms with Gasteiger partial charge in [0.1, 0.15) is 0 Å². The van der Waals surface area contributed by atoms with E-state index in [4.69, 9.17) is 11.6 Å². The molecular weight excluding hydrogens is 246 g/mol. The fraction of sp³-hybridized carbons (Fsp3) is 0.533. The highest BCUT2D eigenvalue weighted by Crippen LogP contribution is 2.34. The van der Waals surface area contributed by atoms with Crippen molar-refractivity contribution >= 4 is 17.5 Å². The molecule has 3 heteroatoms. The van der Waals surface area contributed by atoms with Gasteiger partial charge in [0, 0.05) is 6.42 Å². The van der Waals surface area contributed by atoms with E-state index < -0.39 is 0 Å². The Morgan fingerprint density at radius 2 is 2.17 bits per heavy atom. The van der Waals surface area contributed by atoms with Crippen LogP contribution in [-0.2, 0) is 11.2 Å². The molecule has 0 spiro atoms. The molecule has 0 bridgehead atoms. The summed E-state index contributed by atoms with van der Waals surface area (Å²) in [5.74, 6) is 0.662. The zero-order chi connectivity index (χ0) is 13.1. The SMILES string of the molecule is CC(C)CCC(=O)NC1c2ccccc2CC1Cl. The Bertz CT molecular complexity index is 430. The number of nitrogens with one attached hydrogen (secondary N) is 1. The minimum atomic E-state index is -0.0254. The van der Waals surface area contributed by atoms with Crippen LogP contribution in [0.25, 0.3) is 0 Å². The van der Waals surface area contributed by atoms with E-state index in [9.17, 15) is 4.79 Å². The van der Waals surface area contributed by atoms with Crippen LogP contribution in [0, 0.1) is 5.92 Å². The van der Waals surface area contributed by atoms with E-state index in [0.717, 1.165) is 12.8 Å². The van der Waals surface area contributed by atoms with Gasteiger partial charge in [0.2, 0.25) is 5.91 Å². The van der Waals surface area contributed by atoms with Gasteiger partial charge in [0.25, 0.3) is 0 Å². The van der Waals surface area contributed by atoms with Crippen LogP contribution in [0.1, 0.15) is 43.9 Å². The molecule has 0 fully saturated rings. The summed E-state index contributed by atoms with van der Waals surface area (Å²) in [6.07, 6.45) is 2.35. The van der Waals surface area contributed by atoms with Gasteiger partial charge in [-0.2, -0.15) is 0 Å². The number of hydrogen-bond acceptors (Lipinski definition) is 1. The van der Waals surface area contributed by atoms with Crippen LogP contribution in [0.4, 0.5) is 0 Å². The molecule has 1 aromatic carbocycles. The molecule has 1 aliphatic rings. The Balaban J connectivity index is 1.99. The van der Waals surface area contributed by atoms with E-state index in [1.807, 2.05) is 12.1 Å². The largest absolute Gasteiger partial charge is 0.348 e. The van der Waals surface area contributed by atoms with Crippen molar-refractivity contribution in [3.05, 3.63) is 35.4 Å². The molecule has 2 nitrogen and oxygen atoms in total. The number of rotatable bonds is 4. The summed E-state index contributed by atoms with van der Waals surface area (Å²) in [4.78, 5) is 11.9. The van der Waals surface area contributed by atoms with Gasteiger partial charge in [-0.1, -0.05) is 38.1 Å². The third-order valence-corrected chi connectivity index (χ3v) is 3.84. The topological polar surface area (TPSA) is 29.1 Å². The van der Waals surface area contributed by atoms with Gasteiger partial charge in [0.15, 0.2) is 0 Å². The Hall–Kier alpha value is -1.02. The monoisotopic (exact) mass is 265 g/mol. The highest BCUT2D eigenvalue weighted by atomic mass is 35.5. The first-order valence-electron chi connectivity index (χ1n) is 6.59. The van der Waals surface area contributed by atoms with Gasteiger partial charge < -0.3 is 5.32 Å². The van der Waals surface area contributed by atoms with Crippen molar-refractivity contribution in [2.45, 2.75) is 44.5 Å². The van der Waals surface area contributed by atoms with E-state index in [0.29, 0.717) is 12.3 Å². The zero-order valence-corrected chi connectivity index (χ0v) is 11.7. The van der Waals surface area contributed by atoms with Crippen molar-refractivity contribution in [3.8, 4) is 0 Å². The summed E-state index contributed by atoms with van der Waals surface area (Å²) in [6, 6.07) is 8.14. The molecule has 1 amide bonds. The molecular formula is C15H20ClNO. The third kappa shape index (κ3) is 3.05. The Morgan fingerprint density at radius 3 is 2.89 bits per heavy atom. The summed E-state index contributed by atoms with van der Waals surface area (Å²) in [6.45, 7) is 4.25. The first-order chi connectivity index (χ1) is 8.58. The molecule has 0 aromatic heterocycles. The molecule has 0 aliphatic heterocycles. The smallest absolute Gasteiger partial charge is 0.220 e. The van der Waals surface area contributed by atoms with Crippen molar-refractivity contribution in [2.75, 3.05) is 0 Å². The van der Waals surface area contributed by atoms with Gasteiger partial charge in [-0.3, -0.25) is 4.79 Å². The number of hydrogen-bond donors (Lipinski definition) is 1. The second-order valence-electron chi connectivity index (χ2n) is 5.40. The molecule has 1 N–H and O–H groups in total. The predicted molar refractivity (Wildman–Crippen MR) is 74.7 cm³/mol. The Kier molecular flexibility index (Phi) is 4.28. The lowest BCUT2D eigenvalue weighted by Gasteiger charge is -2.17. The van der Waals surface area contributed by atoms with Crippen LogP contribution >= 0.6 is 11.6 Å². The van der Waals surface area contributed by atoms with Crippen LogP contribution in [0.15, 0.2) is 24.3 Å². The molecule has 2 rings (SSSR count). The van der Waals surface area contributed by atoms with Gasteiger partial charge in [-0.15, -0.1) is 11.6 Å². The van der Waals surface area contributed by atoms with E-state index in [2.05, 4.69) is 31.3 Å². The molecule has 0 saturated heterocycles. The summed E-state index contributed by atoms with van der Waals surface area (Å²) < 4.78 is 0. The van der Waals surface area contributed by atoms with Crippen molar-refractivity contribution in [2.24, 2.45) is 5.92 Å². The van der Waals surface area contributed by atoms with Gasteiger partial charge in [-0.25, -0.2) is 0 Å². The van der Waals surface area contributed by atoms with Crippen LogP contribution in [0.5, 0.6) is 0 Å². The number of benzene rings is 1. The average Bonchev–Trinajstić information content (AvgIpc) is 2.64. The molecule has 1 aromatic rings. The lowest BCUT2D eigenvalue weighted by molar-refractivity contribution is -0.122. The summed E-state index contributed by atoms with van der Waals surface area (Å²) in [5.41, 5.74) is 2.43. The molecule has 18 heavy (non-hydrogen) atoms. The van der Waals surface area contributed by atoms with Crippen molar-refractivity contribution in [1.82, 2.24) is 5.32 Å². The zero-order valence-electron chi connectivity index (χ0n) is 10.9. The number of amides is 1. The fourth-order valence-electron chi connectivity index (χ4n) is 2.38. The number of fused-ring (bicyclic) bond motifs is 1. The highest BCUT2D eigenvalue weighted by molar-refractivity contribution is 6.21. The molecule has 98 valence electrons. The summed E-state index contributed by atoms with van der Waals surface area (Å²) >= 11 is 6.34. The average molecular weight is 266 g/mol. The van der Waals surface area contributed by atoms with Crippen molar-refractivity contribution < 1.29 is 4.79 Å². The molecule has 1 aliphatic carbocycles. The molecule has 0 radical (unpaired) electrons. The normalized spacial score (nSPS) is 22.0. The van der Waals surface area contributed by atoms with Gasteiger partial charge >= 0.3 is 0 Å². The minimum Gasteiger partial charge on any atom is -0.348 e. The van der Waals surface area contributed by atoms with Crippen LogP contribution in [-0.4, -0.2) is 11.3 Å². The first kappa shape index (κ1) is 13.4. The molecule has 2 atom stereocenters. The Morgan fingerprint density at radius 1 is 1.44 bits per heavy atom. The second kappa shape index (κ2) is 5.75. The number of carbonyl (C=O) groups is 1. The second-order valence-corrected chi connectivity index (χ2v) is 5.96. The van der Waals surface area contributed by atoms with Crippen molar-refractivity contribution in [3.63, 3.8) is 0 Å². The molecule has 2 unspecified atom stereocenters. The van der Waals surface area contributed by atoms with Crippen LogP contribution in [0.3, 0.4) is 0 Å². The quantitative estimate of drug-likeness (QED) is 0.830.